The zero-order valence-electron chi connectivity index (χ0n) is 13.8. The second kappa shape index (κ2) is 8.88. The van der Waals surface area contributed by atoms with Crippen LogP contribution in [0.5, 0.6) is 5.75 Å². The average Bonchev–Trinajstić information content (AvgIpc) is 2.38. The summed E-state index contributed by atoms with van der Waals surface area (Å²) in [6.45, 7) is 8.74. The summed E-state index contributed by atoms with van der Waals surface area (Å²) >= 11 is 5.39. The van der Waals surface area contributed by atoms with Crippen molar-refractivity contribution in [3.05, 3.63) is 23.8 Å². The Kier molecular flexibility index (Phi) is 7.51. The Morgan fingerprint density at radius 2 is 1.95 bits per heavy atom. The standard InChI is InChI=1S/C17H28N2OS/c1-12(2)7-6-8-14(4)18-17(21)19-15-11-13(3)9-10-16(15)20-5/h9-12,14H,6-8H2,1-5H3,(H2,18,19,21). The van der Waals surface area contributed by atoms with Crippen molar-refractivity contribution in [1.29, 1.82) is 0 Å². The Labute approximate surface area is 134 Å². The minimum Gasteiger partial charge on any atom is -0.495 e. The molecule has 1 atom stereocenters. The SMILES string of the molecule is COc1ccc(C)cc1NC(=S)NC(C)CCCC(C)C. The van der Waals surface area contributed by atoms with Crippen LogP contribution in [0.1, 0.15) is 45.6 Å². The van der Waals surface area contributed by atoms with E-state index in [1.165, 1.54) is 18.4 Å². The summed E-state index contributed by atoms with van der Waals surface area (Å²) in [5, 5.41) is 7.21. The first kappa shape index (κ1) is 17.8. The predicted octanol–water partition coefficient (Wildman–Crippen LogP) is 4.50. The molecule has 1 aromatic rings. The molecule has 0 fully saturated rings. The van der Waals surface area contributed by atoms with Crippen LogP contribution in [0.25, 0.3) is 0 Å². The van der Waals surface area contributed by atoms with Crippen molar-refractivity contribution >= 4 is 23.0 Å². The Hall–Kier alpha value is -1.29. The van der Waals surface area contributed by atoms with Crippen LogP contribution in [0.2, 0.25) is 0 Å². The normalized spacial score (nSPS) is 12.1. The first-order valence-electron chi connectivity index (χ1n) is 7.64. The number of benzene rings is 1. The lowest BCUT2D eigenvalue weighted by Crippen LogP contribution is -2.36. The molecule has 0 saturated heterocycles. The second-order valence-electron chi connectivity index (χ2n) is 6.03. The van der Waals surface area contributed by atoms with Gasteiger partial charge in [-0.15, -0.1) is 0 Å². The van der Waals surface area contributed by atoms with E-state index in [-0.39, 0.29) is 0 Å². The molecule has 21 heavy (non-hydrogen) atoms. The van der Waals surface area contributed by atoms with Gasteiger partial charge in [0.2, 0.25) is 0 Å². The Bertz CT molecular complexity index is 460. The molecule has 1 aromatic carbocycles. The fourth-order valence-corrected chi connectivity index (χ4v) is 2.52. The maximum atomic E-state index is 5.39. The Balaban J connectivity index is 2.48. The van der Waals surface area contributed by atoms with E-state index in [4.69, 9.17) is 17.0 Å². The van der Waals surface area contributed by atoms with Crippen LogP contribution in [-0.4, -0.2) is 18.3 Å². The third kappa shape index (κ3) is 6.80. The quantitative estimate of drug-likeness (QED) is 0.726. The maximum absolute atomic E-state index is 5.39. The van der Waals surface area contributed by atoms with Crippen LogP contribution in [0.4, 0.5) is 5.69 Å². The van der Waals surface area contributed by atoms with E-state index in [1.54, 1.807) is 7.11 Å². The first-order chi connectivity index (χ1) is 9.92. The highest BCUT2D eigenvalue weighted by molar-refractivity contribution is 7.80. The van der Waals surface area contributed by atoms with Crippen molar-refractivity contribution in [3.63, 3.8) is 0 Å². The molecular weight excluding hydrogens is 280 g/mol. The number of thiocarbonyl (C=S) groups is 1. The summed E-state index contributed by atoms with van der Waals surface area (Å²) in [6, 6.07) is 6.39. The largest absolute Gasteiger partial charge is 0.495 e. The van der Waals surface area contributed by atoms with Gasteiger partial charge in [-0.1, -0.05) is 32.8 Å². The van der Waals surface area contributed by atoms with E-state index in [1.807, 2.05) is 18.2 Å². The molecular formula is C17H28N2OS. The third-order valence-electron chi connectivity index (χ3n) is 3.40. The molecule has 1 unspecified atom stereocenters. The van der Waals surface area contributed by atoms with Gasteiger partial charge in [-0.2, -0.15) is 0 Å². The average molecular weight is 308 g/mol. The lowest BCUT2D eigenvalue weighted by atomic mass is 10.0. The number of aryl methyl sites for hydroxylation is 1. The van der Waals surface area contributed by atoms with Gasteiger partial charge in [0.25, 0.3) is 0 Å². The fourth-order valence-electron chi connectivity index (χ4n) is 2.21. The molecule has 0 saturated carbocycles. The number of rotatable bonds is 7. The van der Waals surface area contributed by atoms with E-state index in [0.29, 0.717) is 11.2 Å². The molecule has 0 radical (unpaired) electrons. The number of hydrogen-bond acceptors (Lipinski definition) is 2. The predicted molar refractivity (Wildman–Crippen MR) is 95.2 cm³/mol. The van der Waals surface area contributed by atoms with Crippen LogP contribution in [0.3, 0.4) is 0 Å². The number of hydrogen-bond donors (Lipinski definition) is 2. The molecule has 2 N–H and O–H groups in total. The highest BCUT2D eigenvalue weighted by Crippen LogP contribution is 2.25. The molecule has 1 rings (SSSR count). The van der Waals surface area contributed by atoms with Crippen molar-refractivity contribution < 1.29 is 4.74 Å². The van der Waals surface area contributed by atoms with Gasteiger partial charge in [-0.25, -0.2) is 0 Å². The maximum Gasteiger partial charge on any atom is 0.171 e. The van der Waals surface area contributed by atoms with Gasteiger partial charge in [-0.3, -0.25) is 0 Å². The van der Waals surface area contributed by atoms with Crippen molar-refractivity contribution in [2.75, 3.05) is 12.4 Å². The zero-order chi connectivity index (χ0) is 15.8. The van der Waals surface area contributed by atoms with Crippen LogP contribution in [-0.2, 0) is 0 Å². The van der Waals surface area contributed by atoms with Gasteiger partial charge < -0.3 is 15.4 Å². The molecule has 3 nitrogen and oxygen atoms in total. The first-order valence-corrected chi connectivity index (χ1v) is 8.05. The summed E-state index contributed by atoms with van der Waals surface area (Å²) < 4.78 is 5.35. The summed E-state index contributed by atoms with van der Waals surface area (Å²) in [5.74, 6) is 1.57. The molecule has 0 aliphatic rings. The Morgan fingerprint density at radius 1 is 1.24 bits per heavy atom. The molecule has 0 spiro atoms. The molecule has 0 aliphatic carbocycles. The van der Waals surface area contributed by atoms with E-state index >= 15 is 0 Å². The van der Waals surface area contributed by atoms with E-state index in [9.17, 15) is 0 Å². The zero-order valence-corrected chi connectivity index (χ0v) is 14.6. The van der Waals surface area contributed by atoms with Gasteiger partial charge in [0.05, 0.1) is 12.8 Å². The molecule has 0 aliphatic heterocycles. The molecule has 0 amide bonds. The Morgan fingerprint density at radius 3 is 2.57 bits per heavy atom. The summed E-state index contributed by atoms with van der Waals surface area (Å²) in [6.07, 6.45) is 3.62. The monoisotopic (exact) mass is 308 g/mol. The smallest absolute Gasteiger partial charge is 0.171 e. The van der Waals surface area contributed by atoms with Gasteiger partial charge >= 0.3 is 0 Å². The number of nitrogens with one attached hydrogen (secondary N) is 2. The number of anilines is 1. The van der Waals surface area contributed by atoms with Crippen molar-refractivity contribution in [2.45, 2.75) is 53.0 Å². The van der Waals surface area contributed by atoms with E-state index in [2.05, 4.69) is 38.3 Å². The van der Waals surface area contributed by atoms with Crippen LogP contribution in [0, 0.1) is 12.8 Å². The van der Waals surface area contributed by atoms with E-state index < -0.39 is 0 Å². The van der Waals surface area contributed by atoms with Gasteiger partial charge in [0, 0.05) is 6.04 Å². The van der Waals surface area contributed by atoms with Crippen LogP contribution < -0.4 is 15.4 Å². The van der Waals surface area contributed by atoms with Gasteiger partial charge in [-0.05, 0) is 56.1 Å². The van der Waals surface area contributed by atoms with E-state index in [0.717, 1.165) is 23.8 Å². The summed E-state index contributed by atoms with van der Waals surface area (Å²) in [7, 11) is 1.67. The lowest BCUT2D eigenvalue weighted by molar-refractivity contribution is 0.416. The van der Waals surface area contributed by atoms with Gasteiger partial charge in [0.15, 0.2) is 5.11 Å². The van der Waals surface area contributed by atoms with Crippen molar-refractivity contribution in [1.82, 2.24) is 5.32 Å². The number of ether oxygens (including phenoxy) is 1. The van der Waals surface area contributed by atoms with Crippen LogP contribution in [0.15, 0.2) is 18.2 Å². The number of methoxy groups -OCH3 is 1. The van der Waals surface area contributed by atoms with Crippen LogP contribution >= 0.6 is 12.2 Å². The van der Waals surface area contributed by atoms with Crippen molar-refractivity contribution in [2.24, 2.45) is 5.92 Å². The van der Waals surface area contributed by atoms with Gasteiger partial charge in [0.1, 0.15) is 5.75 Å². The topological polar surface area (TPSA) is 33.3 Å². The third-order valence-corrected chi connectivity index (χ3v) is 3.62. The highest BCUT2D eigenvalue weighted by atomic mass is 32.1. The highest BCUT2D eigenvalue weighted by Gasteiger charge is 2.08. The lowest BCUT2D eigenvalue weighted by Gasteiger charge is -2.18. The molecule has 118 valence electrons. The molecule has 0 bridgehead atoms. The molecule has 4 heteroatoms. The molecule has 0 heterocycles. The summed E-state index contributed by atoms with van der Waals surface area (Å²) in [4.78, 5) is 0. The molecule has 0 aromatic heterocycles. The fraction of sp³-hybridized carbons (Fsp3) is 0.588. The summed E-state index contributed by atoms with van der Waals surface area (Å²) in [5.41, 5.74) is 2.08. The van der Waals surface area contributed by atoms with Crippen molar-refractivity contribution in [3.8, 4) is 5.75 Å². The minimum absolute atomic E-state index is 0.375. The second-order valence-corrected chi connectivity index (χ2v) is 6.44. The minimum atomic E-state index is 0.375.